The third-order valence-electron chi connectivity index (χ3n) is 3.27. The average Bonchev–Trinajstić information content (AvgIpc) is 3.10. The molecule has 0 fully saturated rings. The molecule has 0 aliphatic heterocycles. The summed E-state index contributed by atoms with van der Waals surface area (Å²) in [6.07, 6.45) is 5.59. The number of hydrogen-bond donors (Lipinski definition) is 2. The Balaban J connectivity index is 1.73. The summed E-state index contributed by atoms with van der Waals surface area (Å²) in [5.41, 5.74) is 1.17. The van der Waals surface area contributed by atoms with Crippen molar-refractivity contribution in [3.05, 3.63) is 54.1 Å². The van der Waals surface area contributed by atoms with Crippen molar-refractivity contribution in [2.24, 2.45) is 0 Å². The molecule has 122 valence electrons. The Labute approximate surface area is 134 Å². The Morgan fingerprint density at radius 3 is 2.87 bits per heavy atom. The lowest BCUT2D eigenvalue weighted by Gasteiger charge is -2.10. The van der Waals surface area contributed by atoms with Crippen LogP contribution in [0.5, 0.6) is 0 Å². The molecule has 23 heavy (non-hydrogen) atoms. The topological polar surface area (TPSA) is 85.2 Å². The van der Waals surface area contributed by atoms with Crippen molar-refractivity contribution in [1.29, 1.82) is 0 Å². The lowest BCUT2D eigenvalue weighted by Crippen LogP contribution is -2.26. The van der Waals surface area contributed by atoms with E-state index in [9.17, 15) is 9.59 Å². The van der Waals surface area contributed by atoms with Gasteiger partial charge in [-0.1, -0.05) is 18.2 Å². The van der Waals surface area contributed by atoms with Gasteiger partial charge < -0.3 is 19.9 Å². The number of aromatic nitrogens is 2. The number of carbonyl (C=O) groups is 2. The van der Waals surface area contributed by atoms with Gasteiger partial charge in [-0.15, -0.1) is 0 Å². The number of alkyl carbamates (subject to hydrolysis) is 1. The number of aryl methyl sites for hydroxylation is 1. The predicted molar refractivity (Wildman–Crippen MR) is 84.9 cm³/mol. The lowest BCUT2D eigenvalue weighted by atomic mass is 10.1. The largest absolute Gasteiger partial charge is 0.445 e. The zero-order chi connectivity index (χ0) is 16.5. The predicted octanol–water partition coefficient (Wildman–Crippen LogP) is 1.56. The lowest BCUT2D eigenvalue weighted by molar-refractivity contribution is 0.0956. The van der Waals surface area contributed by atoms with Crippen LogP contribution in [0.2, 0.25) is 0 Å². The van der Waals surface area contributed by atoms with E-state index in [2.05, 4.69) is 15.6 Å². The summed E-state index contributed by atoms with van der Waals surface area (Å²) in [5.74, 6) is -0.204. The summed E-state index contributed by atoms with van der Waals surface area (Å²) in [4.78, 5) is 27.3. The van der Waals surface area contributed by atoms with E-state index in [1.807, 2.05) is 10.8 Å². The molecule has 0 saturated carbocycles. The molecule has 2 amide bonds. The van der Waals surface area contributed by atoms with Crippen LogP contribution in [0.3, 0.4) is 0 Å². The minimum atomic E-state index is -0.498. The van der Waals surface area contributed by atoms with Crippen LogP contribution in [0, 0.1) is 0 Å². The van der Waals surface area contributed by atoms with E-state index in [4.69, 9.17) is 4.74 Å². The zero-order valence-electron chi connectivity index (χ0n) is 13.0. The van der Waals surface area contributed by atoms with Crippen molar-refractivity contribution >= 4 is 12.0 Å². The maximum Gasteiger partial charge on any atom is 0.407 e. The van der Waals surface area contributed by atoms with E-state index in [0.29, 0.717) is 17.7 Å². The Morgan fingerprint density at radius 1 is 1.30 bits per heavy atom. The Hall–Kier alpha value is -2.83. The monoisotopic (exact) mass is 316 g/mol. The standard InChI is InChI=1S/C16H20N4O3/c1-17-15(21)14-6-3-2-5-13(14)11-23-16(22)19-7-4-9-20-10-8-18-12-20/h2-3,5-6,8,10,12H,4,7,9,11H2,1H3,(H,17,21)(H,19,22). The highest BCUT2D eigenvalue weighted by atomic mass is 16.5. The molecule has 1 aromatic heterocycles. The molecule has 2 rings (SSSR count). The van der Waals surface area contributed by atoms with E-state index in [-0.39, 0.29) is 12.5 Å². The zero-order valence-corrected chi connectivity index (χ0v) is 13.0. The summed E-state index contributed by atoms with van der Waals surface area (Å²) < 4.78 is 7.09. The number of imidazole rings is 1. The number of hydrogen-bond acceptors (Lipinski definition) is 4. The molecule has 1 aromatic carbocycles. The normalized spacial score (nSPS) is 10.1. The molecule has 1 heterocycles. The van der Waals surface area contributed by atoms with Crippen LogP contribution in [0.15, 0.2) is 43.0 Å². The Morgan fingerprint density at radius 2 is 2.13 bits per heavy atom. The number of carbonyl (C=O) groups excluding carboxylic acids is 2. The summed E-state index contributed by atoms with van der Waals surface area (Å²) in [6.45, 7) is 1.34. The molecule has 0 atom stereocenters. The van der Waals surface area contributed by atoms with E-state index < -0.39 is 6.09 Å². The smallest absolute Gasteiger partial charge is 0.407 e. The van der Waals surface area contributed by atoms with Crippen LogP contribution in [-0.4, -0.2) is 35.1 Å². The van der Waals surface area contributed by atoms with Crippen LogP contribution < -0.4 is 10.6 Å². The van der Waals surface area contributed by atoms with E-state index >= 15 is 0 Å². The molecule has 7 heteroatoms. The maximum atomic E-state index is 11.7. The molecule has 0 unspecified atom stereocenters. The average molecular weight is 316 g/mol. The van der Waals surface area contributed by atoms with Crippen LogP contribution in [0.4, 0.5) is 4.79 Å². The highest BCUT2D eigenvalue weighted by Crippen LogP contribution is 2.10. The molecule has 0 aliphatic rings. The molecular weight excluding hydrogens is 296 g/mol. The first-order valence-corrected chi connectivity index (χ1v) is 7.37. The van der Waals surface area contributed by atoms with Gasteiger partial charge in [-0.05, 0) is 12.5 Å². The van der Waals surface area contributed by atoms with Gasteiger partial charge in [0.1, 0.15) is 6.61 Å². The van der Waals surface area contributed by atoms with Crippen molar-refractivity contribution in [3.8, 4) is 0 Å². The Kier molecular flexibility index (Phi) is 6.17. The fraction of sp³-hybridized carbons (Fsp3) is 0.312. The van der Waals surface area contributed by atoms with Crippen LogP contribution in [0.1, 0.15) is 22.3 Å². The molecule has 0 radical (unpaired) electrons. The molecule has 0 aliphatic carbocycles. The van der Waals surface area contributed by atoms with Gasteiger partial charge in [-0.3, -0.25) is 4.79 Å². The molecule has 0 bridgehead atoms. The van der Waals surface area contributed by atoms with Crippen molar-refractivity contribution in [2.45, 2.75) is 19.6 Å². The molecule has 7 nitrogen and oxygen atoms in total. The minimum absolute atomic E-state index is 0.0525. The van der Waals surface area contributed by atoms with E-state index in [1.165, 1.54) is 0 Å². The van der Waals surface area contributed by atoms with Gasteiger partial charge in [0.2, 0.25) is 0 Å². The first kappa shape index (κ1) is 16.5. The fourth-order valence-corrected chi connectivity index (χ4v) is 2.07. The highest BCUT2D eigenvalue weighted by Gasteiger charge is 2.10. The number of benzene rings is 1. The number of amides is 2. The third-order valence-corrected chi connectivity index (χ3v) is 3.27. The first-order valence-electron chi connectivity index (χ1n) is 7.37. The number of rotatable bonds is 7. The van der Waals surface area contributed by atoms with Crippen molar-refractivity contribution in [2.75, 3.05) is 13.6 Å². The molecule has 2 aromatic rings. The molecule has 0 spiro atoms. The fourth-order valence-electron chi connectivity index (χ4n) is 2.07. The number of nitrogens with zero attached hydrogens (tertiary/aromatic N) is 2. The summed E-state index contributed by atoms with van der Waals surface area (Å²) >= 11 is 0. The van der Waals surface area contributed by atoms with Gasteiger partial charge in [0.25, 0.3) is 5.91 Å². The van der Waals surface area contributed by atoms with Gasteiger partial charge in [0.15, 0.2) is 0 Å². The van der Waals surface area contributed by atoms with Crippen LogP contribution in [0.25, 0.3) is 0 Å². The highest BCUT2D eigenvalue weighted by molar-refractivity contribution is 5.95. The van der Waals surface area contributed by atoms with E-state index in [0.717, 1.165) is 13.0 Å². The number of nitrogens with one attached hydrogen (secondary N) is 2. The summed E-state index contributed by atoms with van der Waals surface area (Å²) in [6, 6.07) is 7.02. The van der Waals surface area contributed by atoms with Gasteiger partial charge in [0, 0.05) is 43.7 Å². The SMILES string of the molecule is CNC(=O)c1ccccc1COC(=O)NCCCn1ccnc1. The van der Waals surface area contributed by atoms with Crippen molar-refractivity contribution in [1.82, 2.24) is 20.2 Å². The quantitative estimate of drug-likeness (QED) is 0.759. The van der Waals surface area contributed by atoms with Gasteiger partial charge in [-0.2, -0.15) is 0 Å². The van der Waals surface area contributed by atoms with Gasteiger partial charge >= 0.3 is 6.09 Å². The molecule has 0 saturated heterocycles. The van der Waals surface area contributed by atoms with Gasteiger partial charge in [0.05, 0.1) is 6.33 Å². The van der Waals surface area contributed by atoms with Crippen molar-refractivity contribution < 1.29 is 14.3 Å². The van der Waals surface area contributed by atoms with Gasteiger partial charge in [-0.25, -0.2) is 9.78 Å². The Bertz CT molecular complexity index is 641. The number of ether oxygens (including phenoxy) is 1. The maximum absolute atomic E-state index is 11.7. The second-order valence-corrected chi connectivity index (χ2v) is 4.89. The minimum Gasteiger partial charge on any atom is -0.445 e. The summed E-state index contributed by atoms with van der Waals surface area (Å²) in [7, 11) is 1.56. The third kappa shape index (κ3) is 5.14. The molecular formula is C16H20N4O3. The summed E-state index contributed by atoms with van der Waals surface area (Å²) in [5, 5.41) is 5.24. The van der Waals surface area contributed by atoms with Crippen molar-refractivity contribution in [3.63, 3.8) is 0 Å². The van der Waals surface area contributed by atoms with E-state index in [1.54, 1.807) is 43.8 Å². The second-order valence-electron chi connectivity index (χ2n) is 4.89. The molecule has 2 N–H and O–H groups in total. The van der Waals surface area contributed by atoms with Crippen LogP contribution >= 0.6 is 0 Å². The first-order chi connectivity index (χ1) is 11.2. The second kappa shape index (κ2) is 8.57. The van der Waals surface area contributed by atoms with Crippen LogP contribution in [-0.2, 0) is 17.9 Å².